The molecule has 4 nitrogen and oxygen atoms in total. The van der Waals surface area contributed by atoms with Crippen LogP contribution in [0.4, 0.5) is 0 Å². The Labute approximate surface area is 111 Å². The summed E-state index contributed by atoms with van der Waals surface area (Å²) in [6, 6.07) is 7.88. The molecule has 0 saturated heterocycles. The lowest BCUT2D eigenvalue weighted by Gasteiger charge is -2.18. The van der Waals surface area contributed by atoms with Gasteiger partial charge in [0.05, 0.1) is 6.04 Å². The summed E-state index contributed by atoms with van der Waals surface area (Å²) in [5.74, 6) is 1.23. The van der Waals surface area contributed by atoms with Crippen LogP contribution in [0.25, 0.3) is 0 Å². The van der Waals surface area contributed by atoms with Gasteiger partial charge in [-0.3, -0.25) is 5.32 Å². The standard InChI is InChI=1S/C13H16ClN3O/c1-8(11-6-4-5-7-12(11)14)15-9(2)13-16-10(3)17-18-13/h4-9,15H,1-3H3/t8-,9+/m1/s1. The van der Waals surface area contributed by atoms with Gasteiger partial charge in [-0.05, 0) is 32.4 Å². The topological polar surface area (TPSA) is 51.0 Å². The van der Waals surface area contributed by atoms with Crippen molar-refractivity contribution in [1.29, 1.82) is 0 Å². The van der Waals surface area contributed by atoms with Gasteiger partial charge in [-0.15, -0.1) is 0 Å². The SMILES string of the molecule is Cc1noc([C@H](C)N[C@H](C)c2ccccc2Cl)n1. The summed E-state index contributed by atoms with van der Waals surface area (Å²) in [6.07, 6.45) is 0. The van der Waals surface area contributed by atoms with E-state index in [1.54, 1.807) is 6.92 Å². The average molecular weight is 266 g/mol. The molecule has 0 saturated carbocycles. The normalized spacial score (nSPS) is 14.4. The third kappa shape index (κ3) is 2.89. The second-order valence-electron chi connectivity index (χ2n) is 4.31. The molecule has 0 fully saturated rings. The number of hydrogen-bond acceptors (Lipinski definition) is 4. The van der Waals surface area contributed by atoms with E-state index < -0.39 is 0 Å². The van der Waals surface area contributed by atoms with E-state index in [1.165, 1.54) is 0 Å². The van der Waals surface area contributed by atoms with Crippen molar-refractivity contribution in [2.24, 2.45) is 0 Å². The lowest BCUT2D eigenvalue weighted by Crippen LogP contribution is -2.23. The van der Waals surface area contributed by atoms with E-state index in [0.29, 0.717) is 11.7 Å². The van der Waals surface area contributed by atoms with Gasteiger partial charge >= 0.3 is 0 Å². The number of nitrogens with zero attached hydrogens (tertiary/aromatic N) is 2. The average Bonchev–Trinajstić information content (AvgIpc) is 2.76. The summed E-state index contributed by atoms with van der Waals surface area (Å²) in [5.41, 5.74) is 1.06. The smallest absolute Gasteiger partial charge is 0.243 e. The van der Waals surface area contributed by atoms with Gasteiger partial charge < -0.3 is 4.52 Å². The van der Waals surface area contributed by atoms with Gasteiger partial charge in [-0.25, -0.2) is 0 Å². The molecule has 1 N–H and O–H groups in total. The molecule has 0 amide bonds. The molecule has 0 bridgehead atoms. The number of aryl methyl sites for hydroxylation is 1. The Hall–Kier alpha value is -1.39. The van der Waals surface area contributed by atoms with Crippen molar-refractivity contribution in [2.75, 3.05) is 0 Å². The molecule has 2 aromatic rings. The molecule has 1 heterocycles. The van der Waals surface area contributed by atoms with Gasteiger partial charge in [-0.2, -0.15) is 4.98 Å². The molecule has 96 valence electrons. The summed E-state index contributed by atoms with van der Waals surface area (Å²) >= 11 is 6.16. The van der Waals surface area contributed by atoms with E-state index in [4.69, 9.17) is 16.1 Å². The maximum absolute atomic E-state index is 6.16. The van der Waals surface area contributed by atoms with Crippen molar-refractivity contribution in [3.63, 3.8) is 0 Å². The number of hydrogen-bond donors (Lipinski definition) is 1. The fourth-order valence-electron chi connectivity index (χ4n) is 1.85. The Morgan fingerprint density at radius 1 is 1.22 bits per heavy atom. The van der Waals surface area contributed by atoms with Crippen molar-refractivity contribution >= 4 is 11.6 Å². The van der Waals surface area contributed by atoms with Crippen molar-refractivity contribution in [1.82, 2.24) is 15.5 Å². The van der Waals surface area contributed by atoms with E-state index in [-0.39, 0.29) is 12.1 Å². The first-order valence-corrected chi connectivity index (χ1v) is 6.26. The summed E-state index contributed by atoms with van der Waals surface area (Å²) in [7, 11) is 0. The lowest BCUT2D eigenvalue weighted by atomic mass is 10.1. The lowest BCUT2D eigenvalue weighted by molar-refractivity contribution is 0.326. The van der Waals surface area contributed by atoms with Crippen LogP contribution in [0.2, 0.25) is 5.02 Å². The van der Waals surface area contributed by atoms with E-state index in [2.05, 4.69) is 22.4 Å². The van der Waals surface area contributed by atoms with Gasteiger partial charge in [0, 0.05) is 11.1 Å². The number of rotatable bonds is 4. The molecule has 0 aliphatic carbocycles. The first-order valence-electron chi connectivity index (χ1n) is 5.88. The largest absolute Gasteiger partial charge is 0.338 e. The van der Waals surface area contributed by atoms with Crippen LogP contribution in [-0.2, 0) is 0 Å². The van der Waals surface area contributed by atoms with Crippen molar-refractivity contribution < 1.29 is 4.52 Å². The zero-order valence-electron chi connectivity index (χ0n) is 10.6. The monoisotopic (exact) mass is 265 g/mol. The highest BCUT2D eigenvalue weighted by Gasteiger charge is 2.17. The molecule has 0 aliphatic rings. The highest BCUT2D eigenvalue weighted by molar-refractivity contribution is 6.31. The number of benzene rings is 1. The molecule has 18 heavy (non-hydrogen) atoms. The number of nitrogens with one attached hydrogen (secondary N) is 1. The molecule has 1 aromatic carbocycles. The number of aromatic nitrogens is 2. The quantitative estimate of drug-likeness (QED) is 0.920. The molecule has 0 spiro atoms. The first kappa shape index (κ1) is 13.1. The van der Waals surface area contributed by atoms with Crippen molar-refractivity contribution in [3.8, 4) is 0 Å². The molecule has 0 unspecified atom stereocenters. The van der Waals surface area contributed by atoms with Crippen molar-refractivity contribution in [2.45, 2.75) is 32.9 Å². The summed E-state index contributed by atoms with van der Waals surface area (Å²) in [5, 5.41) is 7.92. The van der Waals surface area contributed by atoms with E-state index in [1.807, 2.05) is 31.2 Å². The van der Waals surface area contributed by atoms with E-state index >= 15 is 0 Å². The van der Waals surface area contributed by atoms with E-state index in [0.717, 1.165) is 10.6 Å². The predicted molar refractivity (Wildman–Crippen MR) is 70.5 cm³/mol. The Bertz CT molecular complexity index is 526. The maximum Gasteiger partial charge on any atom is 0.243 e. The van der Waals surface area contributed by atoms with Crippen LogP contribution < -0.4 is 5.32 Å². The molecule has 2 atom stereocenters. The molecule has 2 rings (SSSR count). The first-order chi connectivity index (χ1) is 8.58. The fourth-order valence-corrected chi connectivity index (χ4v) is 2.15. The van der Waals surface area contributed by atoms with Gasteiger partial charge in [0.1, 0.15) is 0 Å². The second-order valence-corrected chi connectivity index (χ2v) is 4.72. The van der Waals surface area contributed by atoms with Gasteiger partial charge in [-0.1, -0.05) is 35.0 Å². The highest BCUT2D eigenvalue weighted by atomic mass is 35.5. The molecule has 0 aliphatic heterocycles. The van der Waals surface area contributed by atoms with Crippen molar-refractivity contribution in [3.05, 3.63) is 46.6 Å². The maximum atomic E-state index is 6.16. The molecule has 0 radical (unpaired) electrons. The van der Waals surface area contributed by atoms with Crippen LogP contribution in [0, 0.1) is 6.92 Å². The van der Waals surface area contributed by atoms with Gasteiger partial charge in [0.15, 0.2) is 5.82 Å². The van der Waals surface area contributed by atoms with Crippen LogP contribution >= 0.6 is 11.6 Å². The zero-order chi connectivity index (χ0) is 13.1. The number of halogens is 1. The van der Waals surface area contributed by atoms with Crippen LogP contribution in [0.1, 0.15) is 43.2 Å². The van der Waals surface area contributed by atoms with Gasteiger partial charge in [0.2, 0.25) is 5.89 Å². The molecule has 5 heteroatoms. The third-order valence-electron chi connectivity index (χ3n) is 2.79. The minimum absolute atomic E-state index is 0.0162. The Morgan fingerprint density at radius 3 is 2.56 bits per heavy atom. The third-order valence-corrected chi connectivity index (χ3v) is 3.13. The minimum Gasteiger partial charge on any atom is -0.338 e. The van der Waals surface area contributed by atoms with Crippen LogP contribution in [0.5, 0.6) is 0 Å². The fraction of sp³-hybridized carbons (Fsp3) is 0.385. The predicted octanol–water partition coefficient (Wildman–Crippen LogP) is 3.44. The van der Waals surface area contributed by atoms with Crippen LogP contribution in [-0.4, -0.2) is 10.1 Å². The molecular weight excluding hydrogens is 250 g/mol. The summed E-state index contributed by atoms with van der Waals surface area (Å²) < 4.78 is 5.14. The van der Waals surface area contributed by atoms with E-state index in [9.17, 15) is 0 Å². The summed E-state index contributed by atoms with van der Waals surface area (Å²) in [4.78, 5) is 4.21. The molecular formula is C13H16ClN3O. The zero-order valence-corrected chi connectivity index (χ0v) is 11.4. The minimum atomic E-state index is -0.0162. The van der Waals surface area contributed by atoms with Crippen LogP contribution in [0.3, 0.4) is 0 Å². The van der Waals surface area contributed by atoms with Gasteiger partial charge in [0.25, 0.3) is 0 Å². The van der Waals surface area contributed by atoms with Crippen LogP contribution in [0.15, 0.2) is 28.8 Å². The highest BCUT2D eigenvalue weighted by Crippen LogP contribution is 2.24. The summed E-state index contributed by atoms with van der Waals surface area (Å²) in [6.45, 7) is 5.85. The second kappa shape index (κ2) is 5.50. The molecule has 1 aromatic heterocycles. The Kier molecular flexibility index (Phi) is 3.99. The Balaban J connectivity index is 2.08. The Morgan fingerprint density at radius 2 is 1.94 bits per heavy atom.